The van der Waals surface area contributed by atoms with Gasteiger partial charge in [-0.25, -0.2) is 0 Å². The molecule has 0 N–H and O–H groups in total. The number of hydrogen-bond acceptors (Lipinski definition) is 0. The van der Waals surface area contributed by atoms with Gasteiger partial charge in [0.2, 0.25) is 0 Å². The minimum absolute atomic E-state index is 0.0152. The van der Waals surface area contributed by atoms with Crippen molar-refractivity contribution in [2.24, 2.45) is 0 Å². The zero-order valence-electron chi connectivity index (χ0n) is 9.25. The molecule has 0 amide bonds. The first kappa shape index (κ1) is 33.0. The van der Waals surface area contributed by atoms with Crippen molar-refractivity contribution in [3.05, 3.63) is 0 Å². The van der Waals surface area contributed by atoms with Gasteiger partial charge in [0, 0.05) is 0 Å². The highest BCUT2D eigenvalue weighted by Crippen LogP contribution is 2.77. The van der Waals surface area contributed by atoms with E-state index in [0.29, 0.717) is 1.93 Å². The molecule has 0 aliphatic carbocycles. The van der Waals surface area contributed by atoms with Gasteiger partial charge in [0.05, 0.1) is 1.93 Å². The molecule has 15 heteroatoms. The van der Waals surface area contributed by atoms with E-state index in [4.69, 9.17) is 0 Å². The molecule has 0 bridgehead atoms. The Morgan fingerprint density at radius 1 is 0.455 bits per heavy atom. The van der Waals surface area contributed by atoms with Crippen molar-refractivity contribution in [2.75, 3.05) is 0 Å². The van der Waals surface area contributed by atoms with E-state index in [1.807, 2.05) is 0 Å². The molecule has 0 rings (SSSR count). The van der Waals surface area contributed by atoms with Crippen LogP contribution in [0.4, 0.5) is 0 Å². The molecule has 0 saturated carbocycles. The van der Waals surface area contributed by atoms with Crippen molar-refractivity contribution >= 4 is 339 Å². The van der Waals surface area contributed by atoms with E-state index in [1.165, 1.54) is 0 Å². The maximum atomic E-state index is 2.74. The molecular weight excluding hydrogens is 1990 g/mol. The summed E-state index contributed by atoms with van der Waals surface area (Å²) in [5.41, 5.74) is 0. The number of hydrogen-bond donors (Lipinski definition) is 0. The van der Waals surface area contributed by atoms with Gasteiger partial charge in [0.15, 0.2) is 0 Å². The summed E-state index contributed by atoms with van der Waals surface area (Å²) in [5.74, 6) is 0. The highest BCUT2D eigenvalue weighted by Gasteiger charge is 2.75. The molecule has 0 spiro atoms. The first-order valence-electron chi connectivity index (χ1n) is 4.43. The summed E-state index contributed by atoms with van der Waals surface area (Å²) in [4.78, 5) is 0. The van der Waals surface area contributed by atoms with Gasteiger partial charge in [-0.3, -0.25) is 0 Å². The predicted octanol–water partition coefficient (Wildman–Crippen LogP) is 12.0. The highest BCUT2D eigenvalue weighted by atomic mass is 127. The summed E-state index contributed by atoms with van der Waals surface area (Å²) in [6, 6.07) is 0. The predicted molar refractivity (Wildman–Crippen MR) is 230 cm³/mol. The van der Waals surface area contributed by atoms with Crippen LogP contribution in [0.1, 0.15) is 0 Å². The standard InChI is InChI=1S/C7HI15/c8-1(9)2(10,11)4(13,14)5(15,16)3(12,6(17,18)19)7(20,21)22/h1H. The SMILES string of the molecule is IC(I)C(I)(I)C(I)(I)C(I)(I)C(I)(C(I)(I)I)C(I)(I)I. The van der Waals surface area contributed by atoms with E-state index in [0.717, 1.165) is 0 Å². The van der Waals surface area contributed by atoms with Crippen molar-refractivity contribution in [3.63, 3.8) is 0 Å². The maximum absolute atomic E-state index is 2.74. The summed E-state index contributed by atoms with van der Waals surface area (Å²) in [6.07, 6.45) is 0. The Bertz CT molecular complexity index is 383. The summed E-state index contributed by atoms with van der Waals surface area (Å²) in [6.45, 7) is 0. The maximum Gasteiger partial charge on any atom is 0.143 e. The number of rotatable bonds is 6. The topological polar surface area (TPSA) is 0 Å². The fraction of sp³-hybridized carbons (Fsp3) is 1.00. The minimum Gasteiger partial charge on any atom is -0.0700 e. The van der Waals surface area contributed by atoms with Gasteiger partial charge >= 0.3 is 0 Å². The van der Waals surface area contributed by atoms with Crippen LogP contribution in [0, 0.1) is 0 Å². The van der Waals surface area contributed by atoms with Crippen LogP contribution in [-0.4, -0.2) is 8.51 Å². The molecule has 0 heterocycles. The molecule has 0 aromatic heterocycles. The van der Waals surface area contributed by atoms with Crippen molar-refractivity contribution < 1.29 is 0 Å². The van der Waals surface area contributed by atoms with Crippen LogP contribution in [0.25, 0.3) is 0 Å². The van der Waals surface area contributed by atoms with Crippen LogP contribution >= 0.6 is 339 Å². The van der Waals surface area contributed by atoms with Gasteiger partial charge in [0.1, 0.15) is 6.58 Å². The summed E-state index contributed by atoms with van der Waals surface area (Å²) >= 11 is 39.7. The Morgan fingerprint density at radius 3 is 0.909 bits per heavy atom. The number of alkyl halides is 15. The van der Waals surface area contributed by atoms with Crippen LogP contribution in [0.5, 0.6) is 0 Å². The third-order valence-electron chi connectivity index (χ3n) is 2.30. The lowest BCUT2D eigenvalue weighted by atomic mass is 10.1. The van der Waals surface area contributed by atoms with Gasteiger partial charge in [-0.15, -0.1) is 0 Å². The first-order chi connectivity index (χ1) is 9.19. The van der Waals surface area contributed by atoms with E-state index in [2.05, 4.69) is 339 Å². The van der Waals surface area contributed by atoms with E-state index in [1.54, 1.807) is 0 Å². The molecule has 0 saturated heterocycles. The molecule has 0 radical (unpaired) electrons. The average molecular weight is 1990 g/mol. The molecular formula is C7HI15. The smallest absolute Gasteiger partial charge is 0.0700 e. The average Bonchev–Trinajstić information content (AvgIpc) is 2.23. The van der Waals surface area contributed by atoms with Crippen LogP contribution < -0.4 is 0 Å². The fourth-order valence-corrected chi connectivity index (χ4v) is 28.3. The Labute approximate surface area is 336 Å². The second-order valence-electron chi connectivity index (χ2n) is 3.73. The second kappa shape index (κ2) is 12.3. The first-order valence-corrected chi connectivity index (χ1v) is 20.9. The lowest BCUT2D eigenvalue weighted by Crippen LogP contribution is -2.67. The monoisotopic (exact) mass is 1990 g/mol. The summed E-state index contributed by atoms with van der Waals surface area (Å²) < 4.78 is 0.886. The zero-order valence-corrected chi connectivity index (χ0v) is 41.6. The molecule has 0 atom stereocenters. The fourth-order valence-electron chi connectivity index (χ4n) is 1.08. The van der Waals surface area contributed by atoms with Crippen LogP contribution in [0.2, 0.25) is 0 Å². The van der Waals surface area contributed by atoms with Gasteiger partial charge < -0.3 is 0 Å². The normalized spacial score (nSPS) is 16.4. The molecule has 0 aromatic rings. The van der Waals surface area contributed by atoms with Crippen molar-refractivity contribution in [1.82, 2.24) is 0 Å². The Hall–Kier alpha value is 11.0. The van der Waals surface area contributed by atoms with E-state index >= 15 is 0 Å². The van der Waals surface area contributed by atoms with E-state index in [-0.39, 0.29) is 6.58 Å². The van der Waals surface area contributed by atoms with E-state index < -0.39 is 0 Å². The lowest BCUT2D eigenvalue weighted by molar-refractivity contribution is 0.661. The molecule has 0 aromatic carbocycles. The van der Waals surface area contributed by atoms with Gasteiger partial charge in [-0.2, -0.15) is 0 Å². The number of halogens is 15. The Balaban J connectivity index is 6.52. The Morgan fingerprint density at radius 2 is 0.727 bits per heavy atom. The largest absolute Gasteiger partial charge is 0.143 e. The van der Waals surface area contributed by atoms with Crippen LogP contribution in [-0.2, 0) is 0 Å². The van der Waals surface area contributed by atoms with Crippen molar-refractivity contribution in [3.8, 4) is 0 Å². The molecule has 22 heavy (non-hydrogen) atoms. The van der Waals surface area contributed by atoms with Crippen molar-refractivity contribution in [1.29, 1.82) is 0 Å². The molecule has 0 aliphatic heterocycles. The molecule has 0 aliphatic rings. The third kappa shape index (κ3) is 7.23. The molecule has 0 unspecified atom stereocenters. The second-order valence-corrected chi connectivity index (χ2v) is 48.4. The summed E-state index contributed by atoms with van der Waals surface area (Å²) in [7, 11) is 0. The van der Waals surface area contributed by atoms with Gasteiger partial charge in [0.25, 0.3) is 0 Å². The van der Waals surface area contributed by atoms with Gasteiger partial charge in [-0.05, 0) is 0 Å². The van der Waals surface area contributed by atoms with Crippen molar-refractivity contribution in [2.45, 2.75) is 8.51 Å². The zero-order chi connectivity index (χ0) is 18.6. The molecule has 0 nitrogen and oxygen atoms in total. The third-order valence-corrected chi connectivity index (χ3v) is 42.2. The molecule has 0 fully saturated rings. The Kier molecular flexibility index (Phi) is 18.4. The van der Waals surface area contributed by atoms with E-state index in [9.17, 15) is 0 Å². The summed E-state index contributed by atoms with van der Waals surface area (Å²) in [5, 5.41) is 0. The minimum atomic E-state index is 0.0152. The van der Waals surface area contributed by atoms with Crippen LogP contribution in [0.3, 0.4) is 0 Å². The highest BCUT2D eigenvalue weighted by molar-refractivity contribution is 14.3. The lowest BCUT2D eigenvalue weighted by Gasteiger charge is -2.57. The van der Waals surface area contributed by atoms with Crippen LogP contribution in [0.15, 0.2) is 0 Å². The molecule has 134 valence electrons. The van der Waals surface area contributed by atoms with Gasteiger partial charge in [-0.1, -0.05) is 339 Å². The quantitative estimate of drug-likeness (QED) is 0.184.